The minimum Gasteiger partial charge on any atom is -0.237 e. The summed E-state index contributed by atoms with van der Waals surface area (Å²) in [4.78, 5) is 8.70. The van der Waals surface area contributed by atoms with Gasteiger partial charge in [0.25, 0.3) is 0 Å². The number of hydrogen-bond donors (Lipinski definition) is 0. The molecule has 0 aliphatic rings. The summed E-state index contributed by atoms with van der Waals surface area (Å²) in [5, 5.41) is 0.964. The summed E-state index contributed by atoms with van der Waals surface area (Å²) in [5.74, 6) is 1.38. The standard InChI is InChI=1S/C10H14BrClN2S/c1-6-8(11)9(14-7(2)13-6)15-10(3,4)5-12/h5H2,1-4H3. The van der Waals surface area contributed by atoms with Gasteiger partial charge in [0.05, 0.1) is 10.2 Å². The van der Waals surface area contributed by atoms with Crippen LogP contribution in [-0.4, -0.2) is 20.6 Å². The van der Waals surface area contributed by atoms with Crippen molar-refractivity contribution in [3.8, 4) is 0 Å². The van der Waals surface area contributed by atoms with Crippen molar-refractivity contribution in [2.45, 2.75) is 37.5 Å². The molecule has 2 nitrogen and oxygen atoms in total. The number of nitrogens with zero attached hydrogens (tertiary/aromatic N) is 2. The third kappa shape index (κ3) is 3.61. The Morgan fingerprint density at radius 2 is 1.93 bits per heavy atom. The summed E-state index contributed by atoms with van der Waals surface area (Å²) < 4.78 is 0.952. The summed E-state index contributed by atoms with van der Waals surface area (Å²) in [6, 6.07) is 0. The number of thioether (sulfide) groups is 1. The zero-order valence-corrected chi connectivity index (χ0v) is 12.4. The van der Waals surface area contributed by atoms with Crippen molar-refractivity contribution in [1.29, 1.82) is 0 Å². The Balaban J connectivity index is 3.05. The molecule has 0 saturated heterocycles. The molecular weight excluding hydrogens is 296 g/mol. The SMILES string of the molecule is Cc1nc(C)c(Br)c(SC(C)(C)CCl)n1. The molecule has 1 heterocycles. The molecule has 1 aromatic heterocycles. The summed E-state index contributed by atoms with van der Waals surface area (Å²) in [6.07, 6.45) is 0. The van der Waals surface area contributed by atoms with Crippen LogP contribution in [0.5, 0.6) is 0 Å². The van der Waals surface area contributed by atoms with Gasteiger partial charge in [0, 0.05) is 10.6 Å². The largest absolute Gasteiger partial charge is 0.237 e. The molecule has 0 radical (unpaired) electrons. The average Bonchev–Trinajstić information content (AvgIpc) is 2.13. The van der Waals surface area contributed by atoms with Crippen LogP contribution in [0.3, 0.4) is 0 Å². The molecule has 15 heavy (non-hydrogen) atoms. The van der Waals surface area contributed by atoms with E-state index in [2.05, 4.69) is 39.7 Å². The number of halogens is 2. The maximum absolute atomic E-state index is 5.90. The van der Waals surface area contributed by atoms with E-state index < -0.39 is 0 Å². The number of alkyl halides is 1. The number of aryl methyl sites for hydroxylation is 2. The quantitative estimate of drug-likeness (QED) is 0.480. The normalized spacial score (nSPS) is 11.9. The highest BCUT2D eigenvalue weighted by Gasteiger charge is 2.21. The van der Waals surface area contributed by atoms with Gasteiger partial charge in [-0.05, 0) is 43.6 Å². The molecule has 0 aliphatic heterocycles. The number of aromatic nitrogens is 2. The zero-order valence-electron chi connectivity index (χ0n) is 9.27. The van der Waals surface area contributed by atoms with Crippen LogP contribution in [0.25, 0.3) is 0 Å². The first-order chi connectivity index (χ1) is 6.85. The fourth-order valence-corrected chi connectivity index (χ4v) is 2.60. The summed E-state index contributed by atoms with van der Waals surface area (Å²) in [7, 11) is 0. The zero-order chi connectivity index (χ0) is 11.6. The van der Waals surface area contributed by atoms with Crippen LogP contribution in [0.4, 0.5) is 0 Å². The van der Waals surface area contributed by atoms with Gasteiger partial charge < -0.3 is 0 Å². The van der Waals surface area contributed by atoms with E-state index in [0.29, 0.717) is 5.88 Å². The van der Waals surface area contributed by atoms with E-state index in [4.69, 9.17) is 11.6 Å². The van der Waals surface area contributed by atoms with Crippen LogP contribution in [0.15, 0.2) is 9.50 Å². The van der Waals surface area contributed by atoms with Gasteiger partial charge in [-0.3, -0.25) is 0 Å². The molecule has 0 spiro atoms. The van der Waals surface area contributed by atoms with Crippen LogP contribution in [0.2, 0.25) is 0 Å². The molecule has 5 heteroatoms. The van der Waals surface area contributed by atoms with E-state index in [9.17, 15) is 0 Å². The van der Waals surface area contributed by atoms with Crippen LogP contribution in [0.1, 0.15) is 25.4 Å². The predicted molar refractivity (Wildman–Crippen MR) is 69.9 cm³/mol. The fourth-order valence-electron chi connectivity index (χ4n) is 1.02. The molecule has 0 saturated carbocycles. The first-order valence-corrected chi connectivity index (χ1v) is 6.76. The Kier molecular flexibility index (Phi) is 4.44. The van der Waals surface area contributed by atoms with Crippen LogP contribution in [0, 0.1) is 13.8 Å². The Morgan fingerprint density at radius 3 is 2.47 bits per heavy atom. The second kappa shape index (κ2) is 5.02. The van der Waals surface area contributed by atoms with Crippen molar-refractivity contribution in [2.75, 3.05) is 5.88 Å². The van der Waals surface area contributed by atoms with Gasteiger partial charge in [-0.25, -0.2) is 9.97 Å². The Labute approximate surface area is 108 Å². The van der Waals surface area contributed by atoms with E-state index in [1.165, 1.54) is 0 Å². The monoisotopic (exact) mass is 308 g/mol. The molecule has 1 rings (SSSR count). The topological polar surface area (TPSA) is 25.8 Å². The van der Waals surface area contributed by atoms with Crippen molar-refractivity contribution in [2.24, 2.45) is 0 Å². The van der Waals surface area contributed by atoms with Crippen molar-refractivity contribution in [3.05, 3.63) is 16.0 Å². The molecule has 0 aliphatic carbocycles. The maximum atomic E-state index is 5.90. The lowest BCUT2D eigenvalue weighted by molar-refractivity contribution is 0.801. The fraction of sp³-hybridized carbons (Fsp3) is 0.600. The highest BCUT2D eigenvalue weighted by Crippen LogP contribution is 2.37. The van der Waals surface area contributed by atoms with Gasteiger partial charge in [-0.15, -0.1) is 11.6 Å². The van der Waals surface area contributed by atoms with Crippen molar-refractivity contribution >= 4 is 39.3 Å². The number of hydrogen-bond acceptors (Lipinski definition) is 3. The van der Waals surface area contributed by atoms with Crippen LogP contribution < -0.4 is 0 Å². The second-order valence-corrected chi connectivity index (χ2v) is 6.73. The van der Waals surface area contributed by atoms with Crippen LogP contribution >= 0.6 is 39.3 Å². The lowest BCUT2D eigenvalue weighted by Gasteiger charge is -2.21. The smallest absolute Gasteiger partial charge is 0.126 e. The van der Waals surface area contributed by atoms with Crippen molar-refractivity contribution < 1.29 is 0 Å². The Bertz CT molecular complexity index is 369. The Morgan fingerprint density at radius 1 is 1.33 bits per heavy atom. The van der Waals surface area contributed by atoms with E-state index in [0.717, 1.165) is 21.0 Å². The molecule has 84 valence electrons. The average molecular weight is 310 g/mol. The van der Waals surface area contributed by atoms with E-state index in [-0.39, 0.29) is 4.75 Å². The van der Waals surface area contributed by atoms with Gasteiger partial charge in [0.2, 0.25) is 0 Å². The molecule has 1 aromatic rings. The van der Waals surface area contributed by atoms with Gasteiger partial charge in [-0.2, -0.15) is 0 Å². The van der Waals surface area contributed by atoms with E-state index >= 15 is 0 Å². The van der Waals surface area contributed by atoms with E-state index in [1.54, 1.807) is 11.8 Å². The molecule has 0 aromatic carbocycles. The summed E-state index contributed by atoms with van der Waals surface area (Å²) >= 11 is 11.1. The summed E-state index contributed by atoms with van der Waals surface area (Å²) in [6.45, 7) is 8.07. The van der Waals surface area contributed by atoms with Crippen molar-refractivity contribution in [3.63, 3.8) is 0 Å². The van der Waals surface area contributed by atoms with Crippen molar-refractivity contribution in [1.82, 2.24) is 9.97 Å². The first kappa shape index (κ1) is 13.3. The highest BCUT2D eigenvalue weighted by molar-refractivity contribution is 9.10. The van der Waals surface area contributed by atoms with Gasteiger partial charge >= 0.3 is 0 Å². The molecule has 0 bridgehead atoms. The minimum absolute atomic E-state index is 0.0166. The molecular formula is C10H14BrClN2S. The lowest BCUT2D eigenvalue weighted by atomic mass is 10.2. The lowest BCUT2D eigenvalue weighted by Crippen LogP contribution is -2.17. The van der Waals surface area contributed by atoms with Gasteiger partial charge in [0.15, 0.2) is 0 Å². The first-order valence-electron chi connectivity index (χ1n) is 4.61. The molecule has 0 N–H and O–H groups in total. The second-order valence-electron chi connectivity index (χ2n) is 3.97. The molecule has 0 fully saturated rings. The molecule has 0 amide bonds. The van der Waals surface area contributed by atoms with Crippen LogP contribution in [-0.2, 0) is 0 Å². The molecule has 0 atom stereocenters. The van der Waals surface area contributed by atoms with E-state index in [1.807, 2.05) is 13.8 Å². The number of rotatable bonds is 3. The third-order valence-corrected chi connectivity index (χ3v) is 5.02. The predicted octanol–water partition coefficient (Wildman–Crippen LogP) is 3.97. The Hall–Kier alpha value is 0.200. The highest BCUT2D eigenvalue weighted by atomic mass is 79.9. The molecule has 0 unspecified atom stereocenters. The van der Waals surface area contributed by atoms with Gasteiger partial charge in [0.1, 0.15) is 10.9 Å². The summed E-state index contributed by atoms with van der Waals surface area (Å²) in [5.41, 5.74) is 0.968. The minimum atomic E-state index is -0.0166. The van der Waals surface area contributed by atoms with Gasteiger partial charge in [-0.1, -0.05) is 11.8 Å². The third-order valence-electron chi connectivity index (χ3n) is 1.79. The maximum Gasteiger partial charge on any atom is 0.126 e.